The van der Waals surface area contributed by atoms with Crippen molar-refractivity contribution in [3.8, 4) is 5.75 Å². The van der Waals surface area contributed by atoms with E-state index in [1.807, 2.05) is 30.3 Å². The predicted octanol–water partition coefficient (Wildman–Crippen LogP) is 2.97. The van der Waals surface area contributed by atoms with Gasteiger partial charge in [0.05, 0.1) is 24.7 Å². The maximum Gasteiger partial charge on any atom is 0.260 e. The molecule has 0 aliphatic carbocycles. The number of carbonyl (C=O) groups excluding carboxylic acids is 1. The molecule has 1 aromatic carbocycles. The maximum atomic E-state index is 12.4. The lowest BCUT2D eigenvalue weighted by Crippen LogP contribution is -2.38. The molecule has 2 aromatic heterocycles. The van der Waals surface area contributed by atoms with Gasteiger partial charge in [-0.2, -0.15) is 5.10 Å². The lowest BCUT2D eigenvalue weighted by Gasteiger charge is -2.15. The quantitative estimate of drug-likeness (QED) is 0.243. The molecule has 0 radical (unpaired) electrons. The molecule has 0 aliphatic heterocycles. The Hall–Kier alpha value is -2.85. The van der Waals surface area contributed by atoms with Gasteiger partial charge in [0.2, 0.25) is 0 Å². The average Bonchev–Trinajstić information content (AvgIpc) is 3.17. The van der Waals surface area contributed by atoms with E-state index in [-0.39, 0.29) is 5.91 Å². The largest absolute Gasteiger partial charge is 0.481 e. The SMILES string of the molecule is COCCNc1nc(SC(C)C)nc2c1cnn2CCNC(=O)C(C)Oc1ccccc1. The number of amides is 1. The Bertz CT molecular complexity index is 1010. The van der Waals surface area contributed by atoms with E-state index < -0.39 is 6.10 Å². The van der Waals surface area contributed by atoms with Crippen molar-refractivity contribution in [1.29, 1.82) is 0 Å². The van der Waals surface area contributed by atoms with Crippen molar-refractivity contribution in [1.82, 2.24) is 25.1 Å². The van der Waals surface area contributed by atoms with Crippen LogP contribution in [0.3, 0.4) is 0 Å². The number of ether oxygens (including phenoxy) is 2. The zero-order valence-corrected chi connectivity index (χ0v) is 19.7. The van der Waals surface area contributed by atoms with Crippen LogP contribution in [0.5, 0.6) is 5.75 Å². The molecule has 1 unspecified atom stereocenters. The van der Waals surface area contributed by atoms with Gasteiger partial charge in [0.25, 0.3) is 5.91 Å². The number of aromatic nitrogens is 4. The number of anilines is 1. The fourth-order valence-electron chi connectivity index (χ4n) is 2.95. The van der Waals surface area contributed by atoms with Gasteiger partial charge in [-0.15, -0.1) is 0 Å². The highest BCUT2D eigenvalue weighted by Gasteiger charge is 2.16. The minimum absolute atomic E-state index is 0.182. The van der Waals surface area contributed by atoms with Gasteiger partial charge in [-0.1, -0.05) is 43.8 Å². The molecule has 1 atom stereocenters. The number of hydrogen-bond donors (Lipinski definition) is 2. The zero-order valence-electron chi connectivity index (χ0n) is 18.9. The first-order valence-electron chi connectivity index (χ1n) is 10.6. The van der Waals surface area contributed by atoms with Gasteiger partial charge < -0.3 is 20.1 Å². The smallest absolute Gasteiger partial charge is 0.260 e. The molecule has 3 aromatic rings. The average molecular weight is 459 g/mol. The van der Waals surface area contributed by atoms with E-state index >= 15 is 0 Å². The first-order valence-corrected chi connectivity index (χ1v) is 11.5. The number of methoxy groups -OCH3 is 1. The summed E-state index contributed by atoms with van der Waals surface area (Å²) in [5.41, 5.74) is 0.728. The highest BCUT2D eigenvalue weighted by Crippen LogP contribution is 2.26. The molecule has 32 heavy (non-hydrogen) atoms. The Morgan fingerprint density at radius 1 is 1.16 bits per heavy atom. The number of nitrogens with zero attached hydrogens (tertiary/aromatic N) is 4. The number of benzene rings is 1. The zero-order chi connectivity index (χ0) is 22.9. The second-order valence-corrected chi connectivity index (χ2v) is 8.95. The van der Waals surface area contributed by atoms with Crippen molar-refractivity contribution in [3.63, 3.8) is 0 Å². The van der Waals surface area contributed by atoms with Crippen molar-refractivity contribution in [2.24, 2.45) is 0 Å². The van der Waals surface area contributed by atoms with Crippen LogP contribution in [-0.2, 0) is 16.1 Å². The second-order valence-electron chi connectivity index (χ2n) is 7.41. The van der Waals surface area contributed by atoms with Crippen LogP contribution < -0.4 is 15.4 Å². The molecule has 0 saturated heterocycles. The molecule has 2 heterocycles. The molecule has 172 valence electrons. The van der Waals surface area contributed by atoms with Crippen LogP contribution in [0.1, 0.15) is 20.8 Å². The van der Waals surface area contributed by atoms with Crippen molar-refractivity contribution >= 4 is 34.5 Å². The number of rotatable bonds is 12. The van der Waals surface area contributed by atoms with Gasteiger partial charge in [0.1, 0.15) is 11.6 Å². The number of thioether (sulfide) groups is 1. The molecule has 0 saturated carbocycles. The summed E-state index contributed by atoms with van der Waals surface area (Å²) in [4.78, 5) is 21.7. The molecule has 0 bridgehead atoms. The summed E-state index contributed by atoms with van der Waals surface area (Å²) in [6, 6.07) is 9.29. The second kappa shape index (κ2) is 11.7. The van der Waals surface area contributed by atoms with Crippen molar-refractivity contribution in [2.75, 3.05) is 32.1 Å². The van der Waals surface area contributed by atoms with E-state index in [9.17, 15) is 4.79 Å². The van der Waals surface area contributed by atoms with E-state index in [0.29, 0.717) is 42.4 Å². The molecular weight excluding hydrogens is 428 g/mol. The number of hydrogen-bond acceptors (Lipinski definition) is 8. The van der Waals surface area contributed by atoms with Crippen molar-refractivity contribution in [2.45, 2.75) is 43.8 Å². The van der Waals surface area contributed by atoms with Gasteiger partial charge in [0, 0.05) is 25.4 Å². The van der Waals surface area contributed by atoms with Gasteiger partial charge in [-0.05, 0) is 19.1 Å². The molecule has 1 amide bonds. The first-order chi connectivity index (χ1) is 15.5. The molecule has 0 spiro atoms. The third kappa shape index (κ3) is 6.57. The Labute approximate surface area is 192 Å². The van der Waals surface area contributed by atoms with Crippen LogP contribution in [0.25, 0.3) is 11.0 Å². The molecule has 3 rings (SSSR count). The van der Waals surface area contributed by atoms with Gasteiger partial charge >= 0.3 is 0 Å². The predicted molar refractivity (Wildman–Crippen MR) is 126 cm³/mol. The topological polar surface area (TPSA) is 103 Å². The summed E-state index contributed by atoms with van der Waals surface area (Å²) >= 11 is 1.59. The highest BCUT2D eigenvalue weighted by molar-refractivity contribution is 7.99. The number of para-hydroxylation sites is 1. The molecule has 9 nitrogen and oxygen atoms in total. The molecule has 0 aliphatic rings. The van der Waals surface area contributed by atoms with Crippen molar-refractivity contribution < 1.29 is 14.3 Å². The van der Waals surface area contributed by atoms with Crippen LogP contribution in [0.15, 0.2) is 41.7 Å². The van der Waals surface area contributed by atoms with Crippen molar-refractivity contribution in [3.05, 3.63) is 36.5 Å². The minimum atomic E-state index is -0.597. The maximum absolute atomic E-state index is 12.4. The number of fused-ring (bicyclic) bond motifs is 1. The lowest BCUT2D eigenvalue weighted by molar-refractivity contribution is -0.127. The van der Waals surface area contributed by atoms with E-state index in [2.05, 4.69) is 34.6 Å². The summed E-state index contributed by atoms with van der Waals surface area (Å²) < 4.78 is 12.6. The summed E-state index contributed by atoms with van der Waals surface area (Å²) in [6.45, 7) is 8.01. The molecule has 0 fully saturated rings. The Balaban J connectivity index is 1.66. The van der Waals surface area contributed by atoms with E-state index in [1.54, 1.807) is 36.7 Å². The van der Waals surface area contributed by atoms with E-state index in [1.165, 1.54) is 0 Å². The summed E-state index contributed by atoms with van der Waals surface area (Å²) in [5.74, 6) is 1.21. The Kier molecular flexibility index (Phi) is 8.69. The monoisotopic (exact) mass is 458 g/mol. The van der Waals surface area contributed by atoms with Crippen LogP contribution in [0.2, 0.25) is 0 Å². The summed E-state index contributed by atoms with van der Waals surface area (Å²) in [6.07, 6.45) is 1.15. The van der Waals surface area contributed by atoms with Gasteiger partial charge in [-0.3, -0.25) is 4.79 Å². The Morgan fingerprint density at radius 3 is 2.66 bits per heavy atom. The van der Waals surface area contributed by atoms with Crippen LogP contribution in [-0.4, -0.2) is 63.8 Å². The normalized spacial score (nSPS) is 12.2. The van der Waals surface area contributed by atoms with E-state index in [4.69, 9.17) is 14.5 Å². The van der Waals surface area contributed by atoms with Crippen LogP contribution >= 0.6 is 11.8 Å². The lowest BCUT2D eigenvalue weighted by atomic mass is 10.3. The highest BCUT2D eigenvalue weighted by atomic mass is 32.2. The molecular formula is C22H30N6O3S. The third-order valence-electron chi connectivity index (χ3n) is 4.46. The standard InChI is InChI=1S/C22H30N6O3S/c1-15(2)32-22-26-19(23-11-13-30-4)18-14-25-28(20(18)27-22)12-10-24-21(29)16(3)31-17-8-6-5-7-9-17/h5-9,14-16H,10-13H2,1-4H3,(H,24,29)(H,23,26,27). The van der Waals surface area contributed by atoms with Gasteiger partial charge in [0.15, 0.2) is 16.9 Å². The number of carbonyl (C=O) groups is 1. The van der Waals surface area contributed by atoms with Crippen LogP contribution in [0, 0.1) is 0 Å². The molecule has 10 heteroatoms. The fourth-order valence-corrected chi connectivity index (χ4v) is 3.66. The van der Waals surface area contributed by atoms with E-state index in [0.717, 1.165) is 16.9 Å². The first kappa shape index (κ1) is 23.8. The van der Waals surface area contributed by atoms with Crippen LogP contribution in [0.4, 0.5) is 5.82 Å². The summed E-state index contributed by atoms with van der Waals surface area (Å²) in [5, 5.41) is 12.5. The third-order valence-corrected chi connectivity index (χ3v) is 5.33. The molecule has 2 N–H and O–H groups in total. The Morgan fingerprint density at radius 2 is 1.94 bits per heavy atom. The van der Waals surface area contributed by atoms with Gasteiger partial charge in [-0.25, -0.2) is 14.6 Å². The fraction of sp³-hybridized carbons (Fsp3) is 0.455. The number of nitrogens with one attached hydrogen (secondary N) is 2. The minimum Gasteiger partial charge on any atom is -0.481 e. The summed E-state index contributed by atoms with van der Waals surface area (Å²) in [7, 11) is 1.66.